The highest BCUT2D eigenvalue weighted by atomic mass is 32.2. The van der Waals surface area contributed by atoms with Crippen LogP contribution < -0.4 is 14.2 Å². The third-order valence-corrected chi connectivity index (χ3v) is 8.12. The SMILES string of the molecule is CCN1C(=Cc2ccc3cc(OC)ccc3[n+]2CC)Sc2ccc(C3CCCCC3)cc21. The van der Waals surface area contributed by atoms with Crippen molar-refractivity contribution < 1.29 is 9.30 Å². The van der Waals surface area contributed by atoms with Crippen molar-refractivity contribution in [1.82, 2.24) is 0 Å². The first-order valence-electron chi connectivity index (χ1n) is 12.0. The minimum absolute atomic E-state index is 0.741. The molecule has 1 aromatic heterocycles. The lowest BCUT2D eigenvalue weighted by Crippen LogP contribution is -2.37. The van der Waals surface area contributed by atoms with Gasteiger partial charge in [-0.3, -0.25) is 0 Å². The topological polar surface area (TPSA) is 16.4 Å². The number of hydrogen-bond acceptors (Lipinski definition) is 3. The summed E-state index contributed by atoms with van der Waals surface area (Å²) in [4.78, 5) is 3.87. The van der Waals surface area contributed by atoms with Crippen molar-refractivity contribution >= 4 is 34.4 Å². The van der Waals surface area contributed by atoms with E-state index in [1.807, 2.05) is 11.8 Å². The number of methoxy groups -OCH3 is 1. The Morgan fingerprint density at radius 1 is 1.03 bits per heavy atom. The number of benzene rings is 2. The lowest BCUT2D eigenvalue weighted by Gasteiger charge is -2.24. The Bertz CT molecular complexity index is 1160. The van der Waals surface area contributed by atoms with E-state index in [-0.39, 0.29) is 0 Å². The molecule has 2 aromatic carbocycles. The Labute approximate surface area is 196 Å². The Morgan fingerprint density at radius 2 is 1.88 bits per heavy atom. The van der Waals surface area contributed by atoms with Crippen molar-refractivity contribution in [3.8, 4) is 5.75 Å². The van der Waals surface area contributed by atoms with Gasteiger partial charge in [0.05, 0.1) is 23.2 Å². The summed E-state index contributed by atoms with van der Waals surface area (Å²) < 4.78 is 7.82. The first kappa shape index (κ1) is 21.4. The molecule has 2 aliphatic rings. The van der Waals surface area contributed by atoms with Gasteiger partial charge in [-0.1, -0.05) is 37.1 Å². The van der Waals surface area contributed by atoms with Gasteiger partial charge < -0.3 is 9.64 Å². The van der Waals surface area contributed by atoms with Crippen molar-refractivity contribution in [3.63, 3.8) is 0 Å². The van der Waals surface area contributed by atoms with Crippen LogP contribution in [-0.2, 0) is 6.54 Å². The van der Waals surface area contributed by atoms with Gasteiger partial charge in [0.15, 0.2) is 0 Å². The van der Waals surface area contributed by atoms with E-state index in [9.17, 15) is 0 Å². The van der Waals surface area contributed by atoms with E-state index in [1.165, 1.54) is 69.9 Å². The number of pyridine rings is 1. The summed E-state index contributed by atoms with van der Waals surface area (Å²) in [5.41, 5.74) is 5.41. The summed E-state index contributed by atoms with van der Waals surface area (Å²) in [6.45, 7) is 6.39. The highest BCUT2D eigenvalue weighted by molar-refractivity contribution is 8.03. The molecule has 1 saturated carbocycles. The molecule has 0 radical (unpaired) electrons. The molecule has 0 atom stereocenters. The van der Waals surface area contributed by atoms with Gasteiger partial charge >= 0.3 is 0 Å². The minimum atomic E-state index is 0.741. The van der Waals surface area contributed by atoms with E-state index in [2.05, 4.69) is 77.9 Å². The van der Waals surface area contributed by atoms with E-state index in [0.717, 1.165) is 24.8 Å². The van der Waals surface area contributed by atoms with E-state index < -0.39 is 0 Å². The quantitative estimate of drug-likeness (QED) is 0.389. The predicted octanol–water partition coefficient (Wildman–Crippen LogP) is 7.13. The molecule has 166 valence electrons. The van der Waals surface area contributed by atoms with Crippen LogP contribution in [0, 0.1) is 0 Å². The van der Waals surface area contributed by atoms with Gasteiger partial charge in [0, 0.05) is 29.6 Å². The number of fused-ring (bicyclic) bond motifs is 2. The van der Waals surface area contributed by atoms with E-state index >= 15 is 0 Å². The summed E-state index contributed by atoms with van der Waals surface area (Å²) in [6, 6.07) is 18.0. The molecule has 5 rings (SSSR count). The summed E-state index contributed by atoms with van der Waals surface area (Å²) in [5, 5.41) is 2.53. The molecule has 3 aromatic rings. The maximum atomic E-state index is 5.42. The number of aryl methyl sites for hydroxylation is 1. The van der Waals surface area contributed by atoms with Crippen LogP contribution in [0.4, 0.5) is 5.69 Å². The summed E-state index contributed by atoms with van der Waals surface area (Å²) in [5.74, 6) is 1.64. The predicted molar refractivity (Wildman–Crippen MR) is 135 cm³/mol. The Morgan fingerprint density at radius 3 is 2.62 bits per heavy atom. The van der Waals surface area contributed by atoms with Gasteiger partial charge in [0.25, 0.3) is 0 Å². The van der Waals surface area contributed by atoms with Crippen molar-refractivity contribution in [3.05, 3.63) is 64.8 Å². The van der Waals surface area contributed by atoms with Crippen LogP contribution in [0.1, 0.15) is 63.1 Å². The van der Waals surface area contributed by atoms with Crippen LogP contribution in [0.5, 0.6) is 5.75 Å². The molecule has 4 heteroatoms. The van der Waals surface area contributed by atoms with E-state index in [1.54, 1.807) is 7.11 Å². The zero-order valence-corrected chi connectivity index (χ0v) is 20.3. The van der Waals surface area contributed by atoms with Crippen molar-refractivity contribution in [2.24, 2.45) is 0 Å². The second-order valence-electron chi connectivity index (χ2n) is 8.82. The number of thioether (sulfide) groups is 1. The van der Waals surface area contributed by atoms with Crippen LogP contribution in [-0.4, -0.2) is 13.7 Å². The van der Waals surface area contributed by atoms with Crippen LogP contribution in [0.2, 0.25) is 0 Å². The number of ether oxygens (including phenoxy) is 1. The molecular formula is C28H33N2OS+. The molecule has 0 saturated heterocycles. The number of rotatable bonds is 5. The van der Waals surface area contributed by atoms with Crippen molar-refractivity contribution in [1.29, 1.82) is 0 Å². The lowest BCUT2D eigenvalue weighted by molar-refractivity contribution is -0.669. The molecule has 0 unspecified atom stereocenters. The third-order valence-electron chi connectivity index (χ3n) is 7.01. The van der Waals surface area contributed by atoms with Gasteiger partial charge in [0.2, 0.25) is 11.2 Å². The van der Waals surface area contributed by atoms with Crippen molar-refractivity contribution in [2.75, 3.05) is 18.6 Å². The molecule has 0 amide bonds. The zero-order chi connectivity index (χ0) is 22.1. The maximum absolute atomic E-state index is 5.42. The largest absolute Gasteiger partial charge is 0.497 e. The number of hydrogen-bond donors (Lipinski definition) is 0. The molecule has 2 heterocycles. The summed E-state index contributed by atoms with van der Waals surface area (Å²) in [6.07, 6.45) is 9.22. The van der Waals surface area contributed by atoms with Crippen molar-refractivity contribution in [2.45, 2.75) is 63.3 Å². The molecular weight excluding hydrogens is 412 g/mol. The highest BCUT2D eigenvalue weighted by Crippen LogP contribution is 2.48. The first-order chi connectivity index (χ1) is 15.7. The second kappa shape index (κ2) is 9.19. The second-order valence-corrected chi connectivity index (χ2v) is 9.88. The number of nitrogens with zero attached hydrogens (tertiary/aromatic N) is 2. The van der Waals surface area contributed by atoms with Gasteiger partial charge in [0.1, 0.15) is 12.3 Å². The van der Waals surface area contributed by atoms with Gasteiger partial charge in [-0.05, 0) is 68.5 Å². The van der Waals surface area contributed by atoms with E-state index in [0.29, 0.717) is 0 Å². The van der Waals surface area contributed by atoms with Crippen LogP contribution in [0.3, 0.4) is 0 Å². The fourth-order valence-electron chi connectivity index (χ4n) is 5.29. The fraction of sp³-hybridized carbons (Fsp3) is 0.393. The average Bonchev–Trinajstić information content (AvgIpc) is 3.20. The smallest absolute Gasteiger partial charge is 0.213 e. The summed E-state index contributed by atoms with van der Waals surface area (Å²) in [7, 11) is 1.72. The molecule has 0 bridgehead atoms. The monoisotopic (exact) mass is 445 g/mol. The normalized spacial score (nSPS) is 17.8. The minimum Gasteiger partial charge on any atom is -0.497 e. The van der Waals surface area contributed by atoms with Gasteiger partial charge in [-0.2, -0.15) is 4.57 Å². The highest BCUT2D eigenvalue weighted by Gasteiger charge is 2.27. The third kappa shape index (κ3) is 3.90. The van der Waals surface area contributed by atoms with Gasteiger partial charge in [-0.15, -0.1) is 0 Å². The van der Waals surface area contributed by atoms with Crippen LogP contribution in [0.15, 0.2) is 58.5 Å². The molecule has 0 spiro atoms. The Hall–Kier alpha value is -2.46. The molecule has 1 aliphatic carbocycles. The zero-order valence-electron chi connectivity index (χ0n) is 19.4. The Balaban J connectivity index is 1.51. The molecule has 0 N–H and O–H groups in total. The van der Waals surface area contributed by atoms with Gasteiger partial charge in [-0.25, -0.2) is 0 Å². The average molecular weight is 446 g/mol. The first-order valence-corrected chi connectivity index (χ1v) is 12.8. The Kier molecular flexibility index (Phi) is 6.14. The number of anilines is 1. The standard InChI is InChI=1S/C28H33N2OS/c1-4-29-23(13-11-22-17-24(31-3)14-15-25(22)29)19-28-30(5-2)26-18-21(12-16-27(26)32-28)20-9-7-6-8-10-20/h11-20H,4-10H2,1-3H3/q+1. The molecule has 32 heavy (non-hydrogen) atoms. The number of aromatic nitrogens is 1. The lowest BCUT2D eigenvalue weighted by atomic mass is 9.84. The molecule has 1 fully saturated rings. The summed E-state index contributed by atoms with van der Waals surface area (Å²) >= 11 is 1.90. The maximum Gasteiger partial charge on any atom is 0.213 e. The van der Waals surface area contributed by atoms with Crippen LogP contribution in [0.25, 0.3) is 17.0 Å². The van der Waals surface area contributed by atoms with E-state index in [4.69, 9.17) is 4.74 Å². The van der Waals surface area contributed by atoms with Crippen LogP contribution >= 0.6 is 11.8 Å². The fourth-order valence-corrected chi connectivity index (χ4v) is 6.44. The molecule has 1 aliphatic heterocycles. The molecule has 3 nitrogen and oxygen atoms in total.